The van der Waals surface area contributed by atoms with Crippen molar-refractivity contribution >= 4 is 23.5 Å². The molecule has 2 aliphatic heterocycles. The summed E-state index contributed by atoms with van der Waals surface area (Å²) in [6, 6.07) is 4.79. The van der Waals surface area contributed by atoms with Crippen LogP contribution < -0.4 is 4.90 Å². The largest absolute Gasteiger partial charge is 0.386 e. The number of anilines is 1. The van der Waals surface area contributed by atoms with E-state index in [0.717, 1.165) is 12.8 Å². The van der Waals surface area contributed by atoms with Crippen molar-refractivity contribution in [3.63, 3.8) is 0 Å². The third-order valence-corrected chi connectivity index (χ3v) is 3.26. The van der Waals surface area contributed by atoms with E-state index in [9.17, 15) is 14.4 Å². The Kier molecular flexibility index (Phi) is 2.40. The number of carbonyl (C=O) groups is 3. The van der Waals surface area contributed by atoms with E-state index in [4.69, 9.17) is 0 Å². The lowest BCUT2D eigenvalue weighted by molar-refractivity contribution is -0.119. The lowest BCUT2D eigenvalue weighted by Gasteiger charge is -2.26. The highest BCUT2D eigenvalue weighted by molar-refractivity contribution is 6.15. The summed E-state index contributed by atoms with van der Waals surface area (Å²) in [4.78, 5) is 36.2. The molecule has 18 heavy (non-hydrogen) atoms. The molecule has 0 saturated carbocycles. The van der Waals surface area contributed by atoms with Crippen LogP contribution in [0.1, 0.15) is 40.0 Å². The first-order chi connectivity index (χ1) is 8.66. The zero-order valence-corrected chi connectivity index (χ0v) is 9.64. The number of piperidine rings is 1. The lowest BCUT2D eigenvalue weighted by Crippen LogP contribution is -2.35. The van der Waals surface area contributed by atoms with Crippen LogP contribution in [0.25, 0.3) is 0 Å². The molecule has 5 nitrogen and oxygen atoms in total. The molecule has 0 radical (unpaired) electrons. The molecule has 0 aliphatic carbocycles. The van der Waals surface area contributed by atoms with Gasteiger partial charge in [-0.15, -0.1) is 0 Å². The van der Waals surface area contributed by atoms with Crippen LogP contribution in [-0.4, -0.2) is 24.4 Å². The molecule has 1 amide bonds. The fraction of sp³-hybridized carbons (Fsp3) is 0.308. The number of esters is 2. The Hall–Kier alpha value is -2.17. The second kappa shape index (κ2) is 3.94. The van der Waals surface area contributed by atoms with Crippen molar-refractivity contribution in [2.75, 3.05) is 11.4 Å². The van der Waals surface area contributed by atoms with E-state index in [-0.39, 0.29) is 17.0 Å². The van der Waals surface area contributed by atoms with Gasteiger partial charge in [-0.1, -0.05) is 0 Å². The molecule has 1 aromatic carbocycles. The van der Waals surface area contributed by atoms with Crippen molar-refractivity contribution in [2.24, 2.45) is 0 Å². The summed E-state index contributed by atoms with van der Waals surface area (Å²) >= 11 is 0. The molecule has 2 aliphatic rings. The lowest BCUT2D eigenvalue weighted by atomic mass is 10.1. The summed E-state index contributed by atoms with van der Waals surface area (Å²) in [6.45, 7) is 0.653. The summed E-state index contributed by atoms with van der Waals surface area (Å²) < 4.78 is 4.52. The number of nitrogens with zero attached hydrogens (tertiary/aromatic N) is 1. The Labute approximate surface area is 103 Å². The second-order valence-electron chi connectivity index (χ2n) is 4.41. The van der Waals surface area contributed by atoms with Crippen LogP contribution in [0.5, 0.6) is 0 Å². The van der Waals surface area contributed by atoms with E-state index < -0.39 is 11.9 Å². The Morgan fingerprint density at radius 3 is 2.56 bits per heavy atom. The second-order valence-corrected chi connectivity index (χ2v) is 4.41. The highest BCUT2D eigenvalue weighted by atomic mass is 16.6. The molecule has 3 rings (SSSR count). The highest BCUT2D eigenvalue weighted by Crippen LogP contribution is 2.27. The summed E-state index contributed by atoms with van der Waals surface area (Å²) in [6.07, 6.45) is 2.38. The summed E-state index contributed by atoms with van der Waals surface area (Å²) in [5.74, 6) is -1.20. The zero-order valence-electron chi connectivity index (χ0n) is 9.64. The van der Waals surface area contributed by atoms with E-state index in [2.05, 4.69) is 4.74 Å². The molecule has 92 valence electrons. The number of hydrogen-bond acceptors (Lipinski definition) is 4. The molecular weight excluding hydrogens is 234 g/mol. The molecule has 0 bridgehead atoms. The summed E-state index contributed by atoms with van der Waals surface area (Å²) in [7, 11) is 0. The van der Waals surface area contributed by atoms with Gasteiger partial charge in [-0.2, -0.15) is 0 Å². The minimum absolute atomic E-state index is 0.0545. The number of rotatable bonds is 1. The number of ether oxygens (including phenoxy) is 1. The zero-order chi connectivity index (χ0) is 12.7. The number of fused-ring (bicyclic) bond motifs is 1. The summed E-state index contributed by atoms with van der Waals surface area (Å²) in [5.41, 5.74) is 1.18. The van der Waals surface area contributed by atoms with Gasteiger partial charge in [0.1, 0.15) is 0 Å². The van der Waals surface area contributed by atoms with Crippen LogP contribution in [0.15, 0.2) is 18.2 Å². The molecule has 1 saturated heterocycles. The smallest absolute Gasteiger partial charge is 0.346 e. The number of amides is 1. The highest BCUT2D eigenvalue weighted by Gasteiger charge is 2.31. The van der Waals surface area contributed by atoms with Gasteiger partial charge < -0.3 is 9.64 Å². The van der Waals surface area contributed by atoms with Crippen LogP contribution in [0, 0.1) is 0 Å². The van der Waals surface area contributed by atoms with Crippen LogP contribution >= 0.6 is 0 Å². The van der Waals surface area contributed by atoms with Crippen molar-refractivity contribution in [1.29, 1.82) is 0 Å². The Bertz CT molecular complexity index is 564. The van der Waals surface area contributed by atoms with Gasteiger partial charge >= 0.3 is 11.9 Å². The number of carbonyl (C=O) groups excluding carboxylic acids is 3. The quantitative estimate of drug-likeness (QED) is 0.555. The van der Waals surface area contributed by atoms with Crippen molar-refractivity contribution < 1.29 is 19.1 Å². The first kappa shape index (κ1) is 11.0. The van der Waals surface area contributed by atoms with Gasteiger partial charge in [0, 0.05) is 18.7 Å². The average Bonchev–Trinajstić information content (AvgIpc) is 2.65. The fourth-order valence-electron chi connectivity index (χ4n) is 2.32. The number of benzene rings is 1. The minimum Gasteiger partial charge on any atom is -0.386 e. The summed E-state index contributed by atoms with van der Waals surface area (Å²) in [5, 5.41) is 0. The van der Waals surface area contributed by atoms with Gasteiger partial charge in [-0.3, -0.25) is 4.79 Å². The number of hydrogen-bond donors (Lipinski definition) is 0. The van der Waals surface area contributed by atoms with Crippen molar-refractivity contribution in [1.82, 2.24) is 0 Å². The molecule has 1 fully saturated rings. The van der Waals surface area contributed by atoms with E-state index in [1.165, 1.54) is 0 Å². The monoisotopic (exact) mass is 245 g/mol. The minimum atomic E-state index is -0.638. The van der Waals surface area contributed by atoms with Gasteiger partial charge in [0.2, 0.25) is 5.91 Å². The fourth-order valence-corrected chi connectivity index (χ4v) is 2.32. The average molecular weight is 245 g/mol. The Morgan fingerprint density at radius 1 is 1.00 bits per heavy atom. The third kappa shape index (κ3) is 1.59. The normalized spacial score (nSPS) is 18.9. The first-order valence-electron chi connectivity index (χ1n) is 5.88. The maximum absolute atomic E-state index is 11.8. The van der Waals surface area contributed by atoms with Gasteiger partial charge in [0.25, 0.3) is 0 Å². The predicted octanol–water partition coefficient (Wildman–Crippen LogP) is 1.51. The topological polar surface area (TPSA) is 63.7 Å². The van der Waals surface area contributed by atoms with E-state index in [1.807, 2.05) is 0 Å². The molecule has 2 heterocycles. The van der Waals surface area contributed by atoms with Gasteiger partial charge in [-0.25, -0.2) is 9.59 Å². The standard InChI is InChI=1S/C13H11NO4/c15-11-3-1-2-6-14(11)8-4-5-9-10(7-8)13(17)18-12(9)16/h4-5,7H,1-3,6H2. The SMILES string of the molecule is O=C1OC(=O)c2cc(N3CCCCC3=O)ccc21. The maximum atomic E-state index is 11.8. The number of cyclic esters (lactones) is 2. The van der Waals surface area contributed by atoms with Crippen LogP contribution in [0.2, 0.25) is 0 Å². The first-order valence-corrected chi connectivity index (χ1v) is 5.88. The van der Waals surface area contributed by atoms with Crippen LogP contribution in [-0.2, 0) is 9.53 Å². The Morgan fingerprint density at radius 2 is 1.78 bits per heavy atom. The van der Waals surface area contributed by atoms with Crippen molar-refractivity contribution in [3.05, 3.63) is 29.3 Å². The van der Waals surface area contributed by atoms with Gasteiger partial charge in [0.15, 0.2) is 0 Å². The molecule has 0 aromatic heterocycles. The maximum Gasteiger partial charge on any atom is 0.346 e. The third-order valence-electron chi connectivity index (χ3n) is 3.26. The van der Waals surface area contributed by atoms with Gasteiger partial charge in [0.05, 0.1) is 11.1 Å². The Balaban J connectivity index is 2.00. The van der Waals surface area contributed by atoms with E-state index in [1.54, 1.807) is 23.1 Å². The molecule has 0 unspecified atom stereocenters. The molecular formula is C13H11NO4. The van der Waals surface area contributed by atoms with E-state index in [0.29, 0.717) is 18.7 Å². The van der Waals surface area contributed by atoms with Gasteiger partial charge in [-0.05, 0) is 31.0 Å². The van der Waals surface area contributed by atoms with Crippen LogP contribution in [0.3, 0.4) is 0 Å². The molecule has 0 atom stereocenters. The molecule has 0 N–H and O–H groups in total. The van der Waals surface area contributed by atoms with Crippen molar-refractivity contribution in [2.45, 2.75) is 19.3 Å². The molecule has 1 aromatic rings. The predicted molar refractivity (Wildman–Crippen MR) is 62.4 cm³/mol. The molecule has 0 spiro atoms. The van der Waals surface area contributed by atoms with E-state index >= 15 is 0 Å². The van der Waals surface area contributed by atoms with Crippen molar-refractivity contribution in [3.8, 4) is 0 Å². The molecule has 5 heteroatoms. The van der Waals surface area contributed by atoms with Crippen LogP contribution in [0.4, 0.5) is 5.69 Å².